The van der Waals surface area contributed by atoms with Crippen molar-refractivity contribution in [2.45, 2.75) is 20.3 Å². The van der Waals surface area contributed by atoms with Gasteiger partial charge in [-0.1, -0.05) is 6.07 Å². The van der Waals surface area contributed by atoms with Gasteiger partial charge >= 0.3 is 0 Å². The van der Waals surface area contributed by atoms with Crippen LogP contribution in [0.2, 0.25) is 0 Å². The van der Waals surface area contributed by atoms with Crippen LogP contribution in [0, 0.1) is 13.8 Å². The van der Waals surface area contributed by atoms with Gasteiger partial charge in [0.15, 0.2) is 0 Å². The van der Waals surface area contributed by atoms with E-state index in [1.165, 1.54) is 16.7 Å². The summed E-state index contributed by atoms with van der Waals surface area (Å²) in [6.45, 7) is 6.83. The van der Waals surface area contributed by atoms with E-state index in [9.17, 15) is 0 Å². The number of rotatable bonds is 7. The van der Waals surface area contributed by atoms with Crippen molar-refractivity contribution < 1.29 is 9.47 Å². The van der Waals surface area contributed by atoms with Crippen LogP contribution in [0.4, 0.5) is 0 Å². The predicted octanol–water partition coefficient (Wildman–Crippen LogP) is 2.09. The fourth-order valence-electron chi connectivity index (χ4n) is 1.97. The SMILES string of the molecule is COCCNCCc1c(C)cc(C)cc1OC. The molecule has 96 valence electrons. The van der Waals surface area contributed by atoms with E-state index < -0.39 is 0 Å². The van der Waals surface area contributed by atoms with E-state index in [2.05, 4.69) is 31.3 Å². The van der Waals surface area contributed by atoms with Crippen LogP contribution in [0.25, 0.3) is 0 Å². The molecule has 0 bridgehead atoms. The van der Waals surface area contributed by atoms with Crippen molar-refractivity contribution in [3.05, 3.63) is 28.8 Å². The van der Waals surface area contributed by atoms with Gasteiger partial charge in [0.25, 0.3) is 0 Å². The van der Waals surface area contributed by atoms with E-state index in [1.54, 1.807) is 14.2 Å². The Labute approximate surface area is 104 Å². The van der Waals surface area contributed by atoms with Crippen molar-refractivity contribution in [3.8, 4) is 5.75 Å². The number of hydrogen-bond acceptors (Lipinski definition) is 3. The number of methoxy groups -OCH3 is 2. The van der Waals surface area contributed by atoms with Crippen LogP contribution >= 0.6 is 0 Å². The molecule has 0 aliphatic carbocycles. The molecule has 0 aliphatic rings. The molecule has 3 heteroatoms. The van der Waals surface area contributed by atoms with Crippen LogP contribution in [0.3, 0.4) is 0 Å². The second-order valence-corrected chi connectivity index (χ2v) is 4.26. The Morgan fingerprint density at radius 1 is 1.12 bits per heavy atom. The minimum Gasteiger partial charge on any atom is -0.496 e. The summed E-state index contributed by atoms with van der Waals surface area (Å²) < 4.78 is 10.4. The summed E-state index contributed by atoms with van der Waals surface area (Å²) >= 11 is 0. The molecular weight excluding hydrogens is 214 g/mol. The van der Waals surface area contributed by atoms with Crippen molar-refractivity contribution in [3.63, 3.8) is 0 Å². The molecule has 0 saturated carbocycles. The number of hydrogen-bond donors (Lipinski definition) is 1. The highest BCUT2D eigenvalue weighted by atomic mass is 16.5. The Morgan fingerprint density at radius 3 is 2.53 bits per heavy atom. The van der Waals surface area contributed by atoms with Crippen molar-refractivity contribution >= 4 is 0 Å². The third kappa shape index (κ3) is 4.36. The molecule has 0 amide bonds. The van der Waals surface area contributed by atoms with E-state index in [1.807, 2.05) is 0 Å². The quantitative estimate of drug-likeness (QED) is 0.737. The molecule has 1 aromatic rings. The van der Waals surface area contributed by atoms with Crippen molar-refractivity contribution in [1.82, 2.24) is 5.32 Å². The number of nitrogens with one attached hydrogen (secondary N) is 1. The van der Waals surface area contributed by atoms with Crippen LogP contribution < -0.4 is 10.1 Å². The summed E-state index contributed by atoms with van der Waals surface area (Å²) in [5.74, 6) is 0.996. The Kier molecular flexibility index (Phi) is 6.01. The van der Waals surface area contributed by atoms with Crippen molar-refractivity contribution in [2.75, 3.05) is 33.9 Å². The van der Waals surface area contributed by atoms with Gasteiger partial charge in [-0.15, -0.1) is 0 Å². The molecule has 0 saturated heterocycles. The molecule has 1 aromatic carbocycles. The van der Waals surface area contributed by atoms with E-state index in [4.69, 9.17) is 9.47 Å². The zero-order valence-electron chi connectivity index (χ0n) is 11.3. The van der Waals surface area contributed by atoms with Crippen LogP contribution in [-0.4, -0.2) is 33.9 Å². The standard InChI is InChI=1S/C14H23NO2/c1-11-9-12(2)13(14(10-11)17-4)5-6-15-7-8-16-3/h9-10,15H,5-8H2,1-4H3. The average molecular weight is 237 g/mol. The monoisotopic (exact) mass is 237 g/mol. The van der Waals surface area contributed by atoms with Crippen molar-refractivity contribution in [1.29, 1.82) is 0 Å². The molecule has 0 aliphatic heterocycles. The van der Waals surface area contributed by atoms with Crippen LogP contribution in [0.15, 0.2) is 12.1 Å². The smallest absolute Gasteiger partial charge is 0.122 e. The molecular formula is C14H23NO2. The molecule has 0 fully saturated rings. The number of aryl methyl sites for hydroxylation is 2. The van der Waals surface area contributed by atoms with Crippen molar-refractivity contribution in [2.24, 2.45) is 0 Å². The maximum atomic E-state index is 5.43. The highest BCUT2D eigenvalue weighted by Crippen LogP contribution is 2.24. The molecule has 17 heavy (non-hydrogen) atoms. The second-order valence-electron chi connectivity index (χ2n) is 4.26. The number of benzene rings is 1. The van der Waals surface area contributed by atoms with E-state index in [-0.39, 0.29) is 0 Å². The first kappa shape index (κ1) is 14.0. The minimum atomic E-state index is 0.754. The van der Waals surface area contributed by atoms with Crippen LogP contribution in [0.1, 0.15) is 16.7 Å². The fourth-order valence-corrected chi connectivity index (χ4v) is 1.97. The van der Waals surface area contributed by atoms with E-state index >= 15 is 0 Å². The highest BCUT2D eigenvalue weighted by Gasteiger charge is 2.06. The molecule has 0 aromatic heterocycles. The van der Waals surface area contributed by atoms with Crippen LogP contribution in [-0.2, 0) is 11.2 Å². The lowest BCUT2D eigenvalue weighted by Gasteiger charge is -2.13. The lowest BCUT2D eigenvalue weighted by atomic mass is 10.0. The fraction of sp³-hybridized carbons (Fsp3) is 0.571. The highest BCUT2D eigenvalue weighted by molar-refractivity contribution is 5.43. The van der Waals surface area contributed by atoms with Crippen LogP contribution in [0.5, 0.6) is 5.75 Å². The maximum Gasteiger partial charge on any atom is 0.122 e. The second kappa shape index (κ2) is 7.30. The summed E-state index contributed by atoms with van der Waals surface area (Å²) in [4.78, 5) is 0. The zero-order valence-corrected chi connectivity index (χ0v) is 11.3. The Morgan fingerprint density at radius 2 is 1.88 bits per heavy atom. The first-order valence-electron chi connectivity index (χ1n) is 6.02. The van der Waals surface area contributed by atoms with Gasteiger partial charge in [-0.2, -0.15) is 0 Å². The summed E-state index contributed by atoms with van der Waals surface area (Å²) in [6.07, 6.45) is 0.985. The third-order valence-electron chi connectivity index (χ3n) is 2.83. The molecule has 0 unspecified atom stereocenters. The average Bonchev–Trinajstić information content (AvgIpc) is 2.30. The topological polar surface area (TPSA) is 30.5 Å². The molecule has 0 radical (unpaired) electrons. The van der Waals surface area contributed by atoms with Gasteiger partial charge < -0.3 is 14.8 Å². The zero-order chi connectivity index (χ0) is 12.7. The first-order chi connectivity index (χ1) is 8.19. The predicted molar refractivity (Wildman–Crippen MR) is 70.9 cm³/mol. The normalized spacial score (nSPS) is 10.6. The summed E-state index contributed by atoms with van der Waals surface area (Å²) in [7, 11) is 3.45. The molecule has 1 rings (SSSR count). The van der Waals surface area contributed by atoms with Gasteiger partial charge in [-0.05, 0) is 49.6 Å². The first-order valence-corrected chi connectivity index (χ1v) is 6.02. The van der Waals surface area contributed by atoms with Gasteiger partial charge in [0.1, 0.15) is 5.75 Å². The molecule has 0 heterocycles. The van der Waals surface area contributed by atoms with Gasteiger partial charge in [0, 0.05) is 13.7 Å². The van der Waals surface area contributed by atoms with Gasteiger partial charge in [0.05, 0.1) is 13.7 Å². The minimum absolute atomic E-state index is 0.754. The lowest BCUT2D eigenvalue weighted by Crippen LogP contribution is -2.22. The Balaban J connectivity index is 2.57. The maximum absolute atomic E-state index is 5.43. The third-order valence-corrected chi connectivity index (χ3v) is 2.83. The molecule has 1 N–H and O–H groups in total. The van der Waals surface area contributed by atoms with E-state index in [0.29, 0.717) is 0 Å². The molecule has 0 atom stereocenters. The summed E-state index contributed by atoms with van der Waals surface area (Å²) in [6, 6.07) is 4.30. The lowest BCUT2D eigenvalue weighted by molar-refractivity contribution is 0.199. The molecule has 0 spiro atoms. The largest absolute Gasteiger partial charge is 0.496 e. The Bertz CT molecular complexity index is 350. The number of ether oxygens (including phenoxy) is 2. The van der Waals surface area contributed by atoms with Gasteiger partial charge in [-0.25, -0.2) is 0 Å². The Hall–Kier alpha value is -1.06. The van der Waals surface area contributed by atoms with Gasteiger partial charge in [-0.3, -0.25) is 0 Å². The molecule has 3 nitrogen and oxygen atoms in total. The van der Waals surface area contributed by atoms with E-state index in [0.717, 1.165) is 31.9 Å². The van der Waals surface area contributed by atoms with Gasteiger partial charge in [0.2, 0.25) is 0 Å². The summed E-state index contributed by atoms with van der Waals surface area (Å²) in [5, 5.41) is 3.35. The summed E-state index contributed by atoms with van der Waals surface area (Å²) in [5.41, 5.74) is 3.84.